The maximum Gasteiger partial charge on any atom is 0.251 e. The highest BCUT2D eigenvalue weighted by molar-refractivity contribution is 9.10. The Balaban J connectivity index is 2.65. The van der Waals surface area contributed by atoms with Gasteiger partial charge < -0.3 is 11.1 Å². The number of hydrogen-bond acceptors (Lipinski definition) is 2. The summed E-state index contributed by atoms with van der Waals surface area (Å²) in [6.07, 6.45) is 0. The zero-order valence-corrected chi connectivity index (χ0v) is 8.87. The van der Waals surface area contributed by atoms with Crippen molar-refractivity contribution < 1.29 is 9.59 Å². The summed E-state index contributed by atoms with van der Waals surface area (Å²) >= 11 is 3.24. The Morgan fingerprint density at radius 2 is 2.14 bits per heavy atom. The molecule has 0 aliphatic rings. The van der Waals surface area contributed by atoms with Gasteiger partial charge in [-0.15, -0.1) is 0 Å². The molecule has 0 aliphatic heterocycles. The molecule has 4 nitrogen and oxygen atoms in total. The van der Waals surface area contributed by atoms with Gasteiger partial charge in [0.1, 0.15) is 0 Å². The molecule has 2 amide bonds. The lowest BCUT2D eigenvalue weighted by Gasteiger charge is -2.02. The molecular formula is C9H9BrN2O2. The van der Waals surface area contributed by atoms with Crippen LogP contribution in [0.25, 0.3) is 0 Å². The Kier molecular flexibility index (Phi) is 3.64. The zero-order chi connectivity index (χ0) is 10.6. The first-order valence-electron chi connectivity index (χ1n) is 3.91. The van der Waals surface area contributed by atoms with Crippen molar-refractivity contribution in [1.82, 2.24) is 5.32 Å². The fourth-order valence-electron chi connectivity index (χ4n) is 0.899. The van der Waals surface area contributed by atoms with Crippen LogP contribution in [0.5, 0.6) is 0 Å². The second-order valence-corrected chi connectivity index (χ2v) is 3.58. The van der Waals surface area contributed by atoms with Crippen LogP contribution in [-0.4, -0.2) is 18.4 Å². The number of hydrogen-bond donors (Lipinski definition) is 2. The Morgan fingerprint density at radius 1 is 1.43 bits per heavy atom. The maximum absolute atomic E-state index is 11.4. The van der Waals surface area contributed by atoms with Gasteiger partial charge in [0.25, 0.3) is 5.91 Å². The highest BCUT2D eigenvalue weighted by Gasteiger charge is 2.05. The summed E-state index contributed by atoms with van der Waals surface area (Å²) in [6, 6.07) is 6.87. The van der Waals surface area contributed by atoms with Gasteiger partial charge in [-0.1, -0.05) is 22.0 Å². The monoisotopic (exact) mass is 256 g/mol. The van der Waals surface area contributed by atoms with E-state index in [1.807, 2.05) is 6.07 Å². The first-order chi connectivity index (χ1) is 6.59. The van der Waals surface area contributed by atoms with Crippen LogP contribution in [0.2, 0.25) is 0 Å². The van der Waals surface area contributed by atoms with Crippen LogP contribution in [0.1, 0.15) is 10.4 Å². The predicted octanol–water partition coefficient (Wildman–Crippen LogP) is 0.664. The summed E-state index contributed by atoms with van der Waals surface area (Å²) in [6.45, 7) is -0.147. The standard InChI is InChI=1S/C9H9BrN2O2/c10-7-3-1-2-6(4-7)9(14)12-5-8(11)13/h1-4H,5H2,(H2,11,13)(H,12,14). The Bertz CT molecular complexity index is 366. The van der Waals surface area contributed by atoms with Crippen molar-refractivity contribution in [2.75, 3.05) is 6.54 Å². The van der Waals surface area contributed by atoms with Gasteiger partial charge in [0.2, 0.25) is 5.91 Å². The normalized spacial score (nSPS) is 9.50. The van der Waals surface area contributed by atoms with Gasteiger partial charge in [0.05, 0.1) is 6.54 Å². The van der Waals surface area contributed by atoms with Crippen molar-refractivity contribution >= 4 is 27.7 Å². The molecule has 1 rings (SSSR count). The Hall–Kier alpha value is -1.36. The number of benzene rings is 1. The summed E-state index contributed by atoms with van der Waals surface area (Å²) in [5.74, 6) is -0.876. The van der Waals surface area contributed by atoms with Gasteiger partial charge >= 0.3 is 0 Å². The number of primary amides is 1. The van der Waals surface area contributed by atoms with Crippen molar-refractivity contribution in [2.24, 2.45) is 5.73 Å². The van der Waals surface area contributed by atoms with Gasteiger partial charge in [0.15, 0.2) is 0 Å². The number of halogens is 1. The summed E-state index contributed by atoms with van der Waals surface area (Å²) in [5.41, 5.74) is 5.37. The molecule has 0 saturated heterocycles. The first-order valence-corrected chi connectivity index (χ1v) is 4.71. The molecule has 0 aromatic heterocycles. The van der Waals surface area contributed by atoms with Crippen LogP contribution in [0.3, 0.4) is 0 Å². The topological polar surface area (TPSA) is 72.2 Å². The molecule has 74 valence electrons. The van der Waals surface area contributed by atoms with Crippen molar-refractivity contribution in [1.29, 1.82) is 0 Å². The summed E-state index contributed by atoms with van der Waals surface area (Å²) in [5, 5.41) is 2.39. The van der Waals surface area contributed by atoms with E-state index in [-0.39, 0.29) is 12.5 Å². The van der Waals surface area contributed by atoms with E-state index < -0.39 is 5.91 Å². The van der Waals surface area contributed by atoms with Gasteiger partial charge in [-0.05, 0) is 18.2 Å². The number of amides is 2. The average molecular weight is 257 g/mol. The molecule has 1 aromatic rings. The SMILES string of the molecule is NC(=O)CNC(=O)c1cccc(Br)c1. The van der Waals surface area contributed by atoms with Crippen LogP contribution < -0.4 is 11.1 Å². The lowest BCUT2D eigenvalue weighted by molar-refractivity contribution is -0.117. The lowest BCUT2D eigenvalue weighted by Crippen LogP contribution is -2.33. The number of carbonyl (C=O) groups excluding carboxylic acids is 2. The smallest absolute Gasteiger partial charge is 0.251 e. The molecule has 3 N–H and O–H groups in total. The Morgan fingerprint density at radius 3 is 2.71 bits per heavy atom. The largest absolute Gasteiger partial charge is 0.368 e. The molecule has 0 unspecified atom stereocenters. The molecular weight excluding hydrogens is 248 g/mol. The molecule has 0 radical (unpaired) electrons. The Labute approximate surface area is 89.6 Å². The number of nitrogens with two attached hydrogens (primary N) is 1. The van der Waals surface area contributed by atoms with E-state index in [9.17, 15) is 9.59 Å². The molecule has 0 bridgehead atoms. The molecule has 0 aliphatic carbocycles. The van der Waals surface area contributed by atoms with Crippen molar-refractivity contribution in [3.05, 3.63) is 34.3 Å². The molecule has 14 heavy (non-hydrogen) atoms. The summed E-state index contributed by atoms with van der Waals surface area (Å²) < 4.78 is 0.809. The third-order valence-corrected chi connectivity index (χ3v) is 2.00. The van der Waals surface area contributed by atoms with Gasteiger partial charge in [-0.3, -0.25) is 9.59 Å². The average Bonchev–Trinajstić information content (AvgIpc) is 2.14. The van der Waals surface area contributed by atoms with E-state index in [0.717, 1.165) is 4.47 Å². The molecule has 0 atom stereocenters. The highest BCUT2D eigenvalue weighted by atomic mass is 79.9. The van der Waals surface area contributed by atoms with Crippen LogP contribution in [0.4, 0.5) is 0 Å². The second kappa shape index (κ2) is 4.76. The first kappa shape index (κ1) is 10.7. The van der Waals surface area contributed by atoms with E-state index in [1.54, 1.807) is 18.2 Å². The molecule has 0 spiro atoms. The van der Waals surface area contributed by atoms with E-state index >= 15 is 0 Å². The highest BCUT2D eigenvalue weighted by Crippen LogP contribution is 2.11. The van der Waals surface area contributed by atoms with Crippen LogP contribution in [0, 0.1) is 0 Å². The number of carbonyl (C=O) groups is 2. The minimum absolute atomic E-state index is 0.147. The number of nitrogens with one attached hydrogen (secondary N) is 1. The van der Waals surface area contributed by atoms with Crippen molar-refractivity contribution in [3.8, 4) is 0 Å². The van der Waals surface area contributed by atoms with Gasteiger partial charge in [-0.25, -0.2) is 0 Å². The molecule has 0 saturated carbocycles. The maximum atomic E-state index is 11.4. The lowest BCUT2D eigenvalue weighted by atomic mass is 10.2. The van der Waals surface area contributed by atoms with Crippen molar-refractivity contribution in [3.63, 3.8) is 0 Å². The predicted molar refractivity (Wildman–Crippen MR) is 55.7 cm³/mol. The summed E-state index contributed by atoms with van der Waals surface area (Å²) in [4.78, 5) is 21.8. The fourth-order valence-corrected chi connectivity index (χ4v) is 1.30. The minimum atomic E-state index is -0.562. The quantitative estimate of drug-likeness (QED) is 0.835. The minimum Gasteiger partial charge on any atom is -0.368 e. The van der Waals surface area contributed by atoms with Crippen LogP contribution in [0.15, 0.2) is 28.7 Å². The van der Waals surface area contributed by atoms with E-state index in [2.05, 4.69) is 21.2 Å². The van der Waals surface area contributed by atoms with Crippen molar-refractivity contribution in [2.45, 2.75) is 0 Å². The molecule has 1 aromatic carbocycles. The number of rotatable bonds is 3. The van der Waals surface area contributed by atoms with Gasteiger partial charge in [0, 0.05) is 10.0 Å². The third kappa shape index (κ3) is 3.18. The third-order valence-electron chi connectivity index (χ3n) is 1.51. The zero-order valence-electron chi connectivity index (χ0n) is 7.29. The molecule has 0 heterocycles. The van der Waals surface area contributed by atoms with Crippen LogP contribution in [-0.2, 0) is 4.79 Å². The second-order valence-electron chi connectivity index (χ2n) is 2.66. The fraction of sp³-hybridized carbons (Fsp3) is 0.111. The molecule has 5 heteroatoms. The van der Waals surface area contributed by atoms with E-state index in [4.69, 9.17) is 5.73 Å². The van der Waals surface area contributed by atoms with E-state index in [1.165, 1.54) is 0 Å². The van der Waals surface area contributed by atoms with Crippen LogP contribution >= 0.6 is 15.9 Å². The van der Waals surface area contributed by atoms with E-state index in [0.29, 0.717) is 5.56 Å². The molecule has 0 fully saturated rings. The van der Waals surface area contributed by atoms with Gasteiger partial charge in [-0.2, -0.15) is 0 Å². The summed E-state index contributed by atoms with van der Waals surface area (Å²) in [7, 11) is 0.